The van der Waals surface area contributed by atoms with Crippen LogP contribution in [0.25, 0.3) is 10.2 Å². The first kappa shape index (κ1) is 20.6. The number of aromatic nitrogens is 1. The third-order valence-corrected chi connectivity index (χ3v) is 5.90. The second kappa shape index (κ2) is 8.50. The maximum absolute atomic E-state index is 12.7. The van der Waals surface area contributed by atoms with Gasteiger partial charge < -0.3 is 10.1 Å². The van der Waals surface area contributed by atoms with Gasteiger partial charge in [0, 0.05) is 10.4 Å². The molecule has 0 spiro atoms. The van der Waals surface area contributed by atoms with Gasteiger partial charge in [0.2, 0.25) is 5.91 Å². The highest BCUT2D eigenvalue weighted by molar-refractivity contribution is 7.22. The van der Waals surface area contributed by atoms with Crippen LogP contribution in [-0.4, -0.2) is 17.5 Å². The van der Waals surface area contributed by atoms with Gasteiger partial charge in [0.05, 0.1) is 16.8 Å². The largest absolute Gasteiger partial charge is 0.493 e. The molecule has 1 N–H and O–H groups in total. The van der Waals surface area contributed by atoms with Gasteiger partial charge in [0.15, 0.2) is 5.13 Å². The first-order valence-electron chi connectivity index (χ1n) is 9.32. The summed E-state index contributed by atoms with van der Waals surface area (Å²) >= 11 is 7.45. The fourth-order valence-electron chi connectivity index (χ4n) is 2.89. The molecular formula is C22H25ClN2O2S. The summed E-state index contributed by atoms with van der Waals surface area (Å²) < 4.78 is 6.87. The van der Waals surface area contributed by atoms with Gasteiger partial charge >= 0.3 is 0 Å². The number of thiazole rings is 1. The van der Waals surface area contributed by atoms with Crippen molar-refractivity contribution in [3.63, 3.8) is 0 Å². The van der Waals surface area contributed by atoms with E-state index in [1.807, 2.05) is 39.0 Å². The fraction of sp³-hybridized carbons (Fsp3) is 0.364. The van der Waals surface area contributed by atoms with Gasteiger partial charge in [0.1, 0.15) is 5.75 Å². The number of aryl methyl sites for hydroxylation is 2. The van der Waals surface area contributed by atoms with Gasteiger partial charge in [-0.25, -0.2) is 4.98 Å². The van der Waals surface area contributed by atoms with Crippen molar-refractivity contribution in [3.05, 3.63) is 52.5 Å². The summed E-state index contributed by atoms with van der Waals surface area (Å²) in [6.07, 6.45) is 1.52. The Morgan fingerprint density at radius 1 is 1.21 bits per heavy atom. The zero-order chi connectivity index (χ0) is 20.3. The van der Waals surface area contributed by atoms with E-state index >= 15 is 0 Å². The predicted molar refractivity (Wildman–Crippen MR) is 118 cm³/mol. The summed E-state index contributed by atoms with van der Waals surface area (Å²) in [5, 5.41) is 4.21. The SMILES string of the molecule is Cc1ccc(C)c(OCCCC(C)(C)C(=O)Nc2nc3ccc(Cl)cc3s2)c1. The third-order valence-electron chi connectivity index (χ3n) is 4.73. The van der Waals surface area contributed by atoms with Crippen LogP contribution < -0.4 is 10.1 Å². The number of halogens is 1. The van der Waals surface area contributed by atoms with Crippen molar-refractivity contribution >= 4 is 44.2 Å². The van der Waals surface area contributed by atoms with Crippen molar-refractivity contribution in [1.29, 1.82) is 0 Å². The molecule has 0 saturated heterocycles. The van der Waals surface area contributed by atoms with E-state index in [0.29, 0.717) is 16.8 Å². The van der Waals surface area contributed by atoms with Crippen molar-refractivity contribution in [2.24, 2.45) is 5.41 Å². The summed E-state index contributed by atoms with van der Waals surface area (Å²) in [5.41, 5.74) is 2.63. The zero-order valence-electron chi connectivity index (χ0n) is 16.6. The minimum absolute atomic E-state index is 0.0376. The first-order chi connectivity index (χ1) is 13.2. The van der Waals surface area contributed by atoms with Gasteiger partial charge in [-0.1, -0.05) is 48.9 Å². The minimum Gasteiger partial charge on any atom is -0.493 e. The van der Waals surface area contributed by atoms with E-state index in [-0.39, 0.29) is 5.91 Å². The number of fused-ring (bicyclic) bond motifs is 1. The second-order valence-electron chi connectivity index (χ2n) is 7.69. The van der Waals surface area contributed by atoms with Crippen molar-refractivity contribution < 1.29 is 9.53 Å². The summed E-state index contributed by atoms with van der Waals surface area (Å²) in [6, 6.07) is 11.7. The van der Waals surface area contributed by atoms with Gasteiger partial charge in [-0.15, -0.1) is 0 Å². The molecule has 3 aromatic rings. The number of anilines is 1. The number of carbonyl (C=O) groups is 1. The lowest BCUT2D eigenvalue weighted by atomic mass is 9.87. The van der Waals surface area contributed by atoms with E-state index in [2.05, 4.69) is 29.4 Å². The number of carbonyl (C=O) groups excluding carboxylic acids is 1. The van der Waals surface area contributed by atoms with E-state index < -0.39 is 5.41 Å². The molecule has 3 rings (SSSR count). The molecule has 0 fully saturated rings. The molecule has 0 radical (unpaired) electrons. The number of hydrogen-bond acceptors (Lipinski definition) is 4. The van der Waals surface area contributed by atoms with Gasteiger partial charge in [-0.2, -0.15) is 0 Å². The molecule has 148 valence electrons. The topological polar surface area (TPSA) is 51.2 Å². The van der Waals surface area contributed by atoms with Crippen LogP contribution in [0.4, 0.5) is 5.13 Å². The molecule has 0 aliphatic heterocycles. The summed E-state index contributed by atoms with van der Waals surface area (Å²) in [7, 11) is 0. The number of amides is 1. The van der Waals surface area contributed by atoms with Crippen molar-refractivity contribution in [2.45, 2.75) is 40.5 Å². The Bertz CT molecular complexity index is 997. The Hall–Kier alpha value is -2.11. The smallest absolute Gasteiger partial charge is 0.231 e. The van der Waals surface area contributed by atoms with Crippen LogP contribution in [0.2, 0.25) is 5.02 Å². The molecule has 1 amide bonds. The Morgan fingerprint density at radius 3 is 2.79 bits per heavy atom. The van der Waals surface area contributed by atoms with Crippen LogP contribution >= 0.6 is 22.9 Å². The van der Waals surface area contributed by atoms with Crippen LogP contribution in [-0.2, 0) is 4.79 Å². The Morgan fingerprint density at radius 2 is 2.00 bits per heavy atom. The molecule has 4 nitrogen and oxygen atoms in total. The lowest BCUT2D eigenvalue weighted by molar-refractivity contribution is -0.124. The average Bonchev–Trinajstić information content (AvgIpc) is 3.02. The minimum atomic E-state index is -0.513. The lowest BCUT2D eigenvalue weighted by Gasteiger charge is -2.23. The quantitative estimate of drug-likeness (QED) is 0.454. The Kier molecular flexibility index (Phi) is 6.26. The highest BCUT2D eigenvalue weighted by Gasteiger charge is 2.28. The van der Waals surface area contributed by atoms with Gasteiger partial charge in [0.25, 0.3) is 0 Å². The average molecular weight is 417 g/mol. The normalized spacial score (nSPS) is 11.6. The highest BCUT2D eigenvalue weighted by atomic mass is 35.5. The molecule has 0 aliphatic carbocycles. The van der Waals surface area contributed by atoms with Crippen LogP contribution in [0.3, 0.4) is 0 Å². The summed E-state index contributed by atoms with van der Waals surface area (Å²) in [4.78, 5) is 17.2. The first-order valence-corrected chi connectivity index (χ1v) is 10.5. The molecule has 0 bridgehead atoms. The zero-order valence-corrected chi connectivity index (χ0v) is 18.2. The molecule has 0 unspecified atom stereocenters. The van der Waals surface area contributed by atoms with E-state index in [4.69, 9.17) is 16.3 Å². The molecule has 6 heteroatoms. The molecule has 2 aromatic carbocycles. The lowest BCUT2D eigenvalue weighted by Crippen LogP contribution is -2.31. The third kappa shape index (κ3) is 5.03. The number of nitrogens with zero attached hydrogens (tertiary/aromatic N) is 1. The van der Waals surface area contributed by atoms with E-state index in [1.54, 1.807) is 6.07 Å². The molecule has 0 aliphatic rings. The predicted octanol–water partition coefficient (Wildman–Crippen LogP) is 6.39. The molecular weight excluding hydrogens is 392 g/mol. The monoisotopic (exact) mass is 416 g/mol. The molecule has 0 atom stereocenters. The number of rotatable bonds is 7. The number of benzene rings is 2. The summed E-state index contributed by atoms with van der Waals surface area (Å²) in [5.74, 6) is 0.875. The Labute approximate surface area is 174 Å². The molecule has 1 aromatic heterocycles. The number of hydrogen-bond donors (Lipinski definition) is 1. The second-order valence-corrected chi connectivity index (χ2v) is 9.16. The fourth-order valence-corrected chi connectivity index (χ4v) is 4.03. The number of ether oxygens (including phenoxy) is 1. The number of nitrogens with one attached hydrogen (secondary N) is 1. The van der Waals surface area contributed by atoms with E-state index in [1.165, 1.54) is 16.9 Å². The van der Waals surface area contributed by atoms with Crippen molar-refractivity contribution in [3.8, 4) is 5.75 Å². The Balaban J connectivity index is 1.54. The highest BCUT2D eigenvalue weighted by Crippen LogP contribution is 2.31. The molecule has 1 heterocycles. The summed E-state index contributed by atoms with van der Waals surface area (Å²) in [6.45, 7) is 8.57. The van der Waals surface area contributed by atoms with Crippen LogP contribution in [0.1, 0.15) is 37.8 Å². The van der Waals surface area contributed by atoms with Crippen molar-refractivity contribution in [1.82, 2.24) is 4.98 Å². The van der Waals surface area contributed by atoms with E-state index in [9.17, 15) is 4.79 Å². The van der Waals surface area contributed by atoms with Gasteiger partial charge in [-0.3, -0.25) is 4.79 Å². The van der Waals surface area contributed by atoms with Gasteiger partial charge in [-0.05, 0) is 62.1 Å². The van der Waals surface area contributed by atoms with Crippen molar-refractivity contribution in [2.75, 3.05) is 11.9 Å². The van der Waals surface area contributed by atoms with E-state index in [0.717, 1.165) is 34.4 Å². The molecule has 0 saturated carbocycles. The maximum Gasteiger partial charge on any atom is 0.231 e. The standard InChI is InChI=1S/C22H25ClN2O2S/c1-14-6-7-15(2)18(12-14)27-11-5-10-22(3,4)20(26)25-21-24-17-9-8-16(23)13-19(17)28-21/h6-9,12-13H,5,10-11H2,1-4H3,(H,24,25,26). The maximum atomic E-state index is 12.7. The molecule has 28 heavy (non-hydrogen) atoms. The van der Waals surface area contributed by atoms with Crippen LogP contribution in [0, 0.1) is 19.3 Å². The van der Waals surface area contributed by atoms with Crippen LogP contribution in [0.5, 0.6) is 5.75 Å². The van der Waals surface area contributed by atoms with Crippen LogP contribution in [0.15, 0.2) is 36.4 Å².